The lowest BCUT2D eigenvalue weighted by Crippen LogP contribution is -2.25. The first kappa shape index (κ1) is 14.2. The third-order valence-electron chi connectivity index (χ3n) is 3.03. The van der Waals surface area contributed by atoms with Gasteiger partial charge < -0.3 is 5.32 Å². The summed E-state index contributed by atoms with van der Waals surface area (Å²) in [5.41, 5.74) is 1.92. The van der Waals surface area contributed by atoms with Gasteiger partial charge in [0.2, 0.25) is 0 Å². The standard InChI is InChI=1S/C14H17BrFN3/c1-3-7-17-14(13-6-8-18-19(13)2)10-4-5-11(15)12(16)9-10/h4-6,8-9,14,17H,3,7H2,1-2H3. The molecule has 0 amide bonds. The number of hydrogen-bond acceptors (Lipinski definition) is 2. The highest BCUT2D eigenvalue weighted by Crippen LogP contribution is 2.25. The molecule has 0 saturated carbocycles. The monoisotopic (exact) mass is 325 g/mol. The molecule has 1 heterocycles. The van der Waals surface area contributed by atoms with E-state index in [9.17, 15) is 4.39 Å². The first-order chi connectivity index (χ1) is 9.13. The van der Waals surface area contributed by atoms with E-state index in [1.54, 1.807) is 18.3 Å². The van der Waals surface area contributed by atoms with Crippen LogP contribution in [0.25, 0.3) is 0 Å². The number of rotatable bonds is 5. The molecule has 19 heavy (non-hydrogen) atoms. The Bertz CT molecular complexity index is 553. The lowest BCUT2D eigenvalue weighted by Gasteiger charge is -2.19. The quantitative estimate of drug-likeness (QED) is 0.912. The molecule has 2 aromatic rings. The highest BCUT2D eigenvalue weighted by atomic mass is 79.9. The third kappa shape index (κ3) is 3.22. The lowest BCUT2D eigenvalue weighted by atomic mass is 10.0. The molecule has 0 aliphatic rings. The molecular weight excluding hydrogens is 309 g/mol. The molecule has 1 atom stereocenters. The van der Waals surface area contributed by atoms with E-state index in [0.717, 1.165) is 24.2 Å². The van der Waals surface area contributed by atoms with Crippen molar-refractivity contribution in [1.82, 2.24) is 15.1 Å². The number of nitrogens with one attached hydrogen (secondary N) is 1. The van der Waals surface area contributed by atoms with Crippen LogP contribution >= 0.6 is 15.9 Å². The summed E-state index contributed by atoms with van der Waals surface area (Å²) in [5.74, 6) is -0.247. The predicted octanol–water partition coefficient (Wildman–Crippen LogP) is 3.41. The molecule has 0 aliphatic heterocycles. The van der Waals surface area contributed by atoms with Crippen molar-refractivity contribution in [3.63, 3.8) is 0 Å². The SMILES string of the molecule is CCCNC(c1ccc(Br)c(F)c1)c1ccnn1C. The summed E-state index contributed by atoms with van der Waals surface area (Å²) in [6.07, 6.45) is 2.78. The molecule has 102 valence electrons. The zero-order valence-electron chi connectivity index (χ0n) is 11.0. The van der Waals surface area contributed by atoms with E-state index in [-0.39, 0.29) is 11.9 Å². The Morgan fingerprint density at radius 2 is 2.21 bits per heavy atom. The average molecular weight is 326 g/mol. The molecule has 3 nitrogen and oxygen atoms in total. The van der Waals surface area contributed by atoms with Crippen LogP contribution in [0.15, 0.2) is 34.9 Å². The van der Waals surface area contributed by atoms with E-state index in [4.69, 9.17) is 0 Å². The number of nitrogens with zero attached hydrogens (tertiary/aromatic N) is 2. The van der Waals surface area contributed by atoms with Gasteiger partial charge in [0.15, 0.2) is 0 Å². The van der Waals surface area contributed by atoms with Gasteiger partial charge in [-0.3, -0.25) is 4.68 Å². The molecule has 1 aromatic carbocycles. The van der Waals surface area contributed by atoms with Crippen LogP contribution < -0.4 is 5.32 Å². The lowest BCUT2D eigenvalue weighted by molar-refractivity contribution is 0.547. The van der Waals surface area contributed by atoms with Crippen LogP contribution in [-0.2, 0) is 7.05 Å². The van der Waals surface area contributed by atoms with Gasteiger partial charge in [-0.25, -0.2) is 4.39 Å². The van der Waals surface area contributed by atoms with Gasteiger partial charge in [-0.1, -0.05) is 13.0 Å². The maximum atomic E-state index is 13.7. The summed E-state index contributed by atoms with van der Waals surface area (Å²) < 4.78 is 16.0. The molecule has 1 N–H and O–H groups in total. The fourth-order valence-corrected chi connectivity index (χ4v) is 2.29. The number of aryl methyl sites for hydroxylation is 1. The molecule has 5 heteroatoms. The van der Waals surface area contributed by atoms with Gasteiger partial charge in [-0.15, -0.1) is 0 Å². The number of hydrogen-bond donors (Lipinski definition) is 1. The normalized spacial score (nSPS) is 12.6. The van der Waals surface area contributed by atoms with Crippen LogP contribution in [0.4, 0.5) is 4.39 Å². The highest BCUT2D eigenvalue weighted by Gasteiger charge is 2.17. The van der Waals surface area contributed by atoms with E-state index >= 15 is 0 Å². The van der Waals surface area contributed by atoms with E-state index < -0.39 is 0 Å². The summed E-state index contributed by atoms with van der Waals surface area (Å²) in [7, 11) is 1.89. The van der Waals surface area contributed by atoms with Crippen molar-refractivity contribution in [3.8, 4) is 0 Å². The molecule has 0 radical (unpaired) electrons. The van der Waals surface area contributed by atoms with Crippen molar-refractivity contribution in [3.05, 3.63) is 52.0 Å². The number of halogens is 2. The Balaban J connectivity index is 2.37. The number of aromatic nitrogens is 2. The summed E-state index contributed by atoms with van der Waals surface area (Å²) in [4.78, 5) is 0. The number of benzene rings is 1. The van der Waals surface area contributed by atoms with Gasteiger partial charge in [-0.05, 0) is 52.7 Å². The average Bonchev–Trinajstić information content (AvgIpc) is 2.80. The Kier molecular flexibility index (Phi) is 4.71. The minimum atomic E-state index is -0.247. The summed E-state index contributed by atoms with van der Waals surface area (Å²) in [5, 5.41) is 7.62. The molecule has 1 unspecified atom stereocenters. The summed E-state index contributed by atoms with van der Waals surface area (Å²) in [6, 6.07) is 7.13. The van der Waals surface area contributed by atoms with Crippen molar-refractivity contribution in [2.45, 2.75) is 19.4 Å². The zero-order chi connectivity index (χ0) is 13.8. The highest BCUT2D eigenvalue weighted by molar-refractivity contribution is 9.10. The minimum absolute atomic E-state index is 0.0463. The second-order valence-corrected chi connectivity index (χ2v) is 5.29. The molecule has 1 aromatic heterocycles. The molecule has 0 bridgehead atoms. The molecular formula is C14H17BrFN3. The van der Waals surface area contributed by atoms with Gasteiger partial charge in [-0.2, -0.15) is 5.10 Å². The Morgan fingerprint density at radius 3 is 2.79 bits per heavy atom. The third-order valence-corrected chi connectivity index (χ3v) is 3.67. The van der Waals surface area contributed by atoms with Crippen molar-refractivity contribution < 1.29 is 4.39 Å². The van der Waals surface area contributed by atoms with E-state index in [1.165, 1.54) is 0 Å². The van der Waals surface area contributed by atoms with Crippen LogP contribution in [-0.4, -0.2) is 16.3 Å². The Labute approximate surface area is 121 Å². The van der Waals surface area contributed by atoms with Gasteiger partial charge >= 0.3 is 0 Å². The molecule has 0 saturated heterocycles. The van der Waals surface area contributed by atoms with Crippen LogP contribution in [0.5, 0.6) is 0 Å². The van der Waals surface area contributed by atoms with Gasteiger partial charge in [0.25, 0.3) is 0 Å². The zero-order valence-corrected chi connectivity index (χ0v) is 12.6. The maximum absolute atomic E-state index is 13.7. The van der Waals surface area contributed by atoms with Crippen LogP contribution in [0.3, 0.4) is 0 Å². The van der Waals surface area contributed by atoms with Gasteiger partial charge in [0.05, 0.1) is 16.2 Å². The Morgan fingerprint density at radius 1 is 1.42 bits per heavy atom. The fourth-order valence-electron chi connectivity index (χ4n) is 2.04. The molecule has 0 spiro atoms. The molecule has 0 aliphatic carbocycles. The Hall–Kier alpha value is -1.20. The van der Waals surface area contributed by atoms with Crippen molar-refractivity contribution in [1.29, 1.82) is 0 Å². The van der Waals surface area contributed by atoms with Crippen LogP contribution in [0.2, 0.25) is 0 Å². The predicted molar refractivity (Wildman–Crippen MR) is 77.4 cm³/mol. The molecule has 0 fully saturated rings. The van der Waals surface area contributed by atoms with Crippen molar-refractivity contribution in [2.75, 3.05) is 6.54 Å². The van der Waals surface area contributed by atoms with E-state index in [2.05, 4.69) is 33.3 Å². The second kappa shape index (κ2) is 6.30. The van der Waals surface area contributed by atoms with Crippen molar-refractivity contribution >= 4 is 15.9 Å². The van der Waals surface area contributed by atoms with E-state index in [1.807, 2.05) is 23.9 Å². The van der Waals surface area contributed by atoms with Gasteiger partial charge in [0.1, 0.15) is 5.82 Å². The fraction of sp³-hybridized carbons (Fsp3) is 0.357. The first-order valence-electron chi connectivity index (χ1n) is 6.29. The van der Waals surface area contributed by atoms with Crippen LogP contribution in [0.1, 0.15) is 30.6 Å². The largest absolute Gasteiger partial charge is 0.305 e. The smallest absolute Gasteiger partial charge is 0.137 e. The van der Waals surface area contributed by atoms with Crippen molar-refractivity contribution in [2.24, 2.45) is 7.05 Å². The summed E-state index contributed by atoms with van der Waals surface area (Å²) in [6.45, 7) is 2.98. The second-order valence-electron chi connectivity index (χ2n) is 4.44. The molecule has 2 rings (SSSR count). The van der Waals surface area contributed by atoms with E-state index in [0.29, 0.717) is 4.47 Å². The maximum Gasteiger partial charge on any atom is 0.137 e. The summed E-state index contributed by atoms with van der Waals surface area (Å²) >= 11 is 3.18. The minimum Gasteiger partial charge on any atom is -0.305 e. The first-order valence-corrected chi connectivity index (χ1v) is 7.09. The van der Waals surface area contributed by atoms with Crippen LogP contribution in [0, 0.1) is 5.82 Å². The topological polar surface area (TPSA) is 29.9 Å². The van der Waals surface area contributed by atoms with Gasteiger partial charge in [0, 0.05) is 13.2 Å².